The number of carbonyl (C=O) groups is 1. The molecule has 0 aliphatic carbocycles. The molecule has 114 valence electrons. The lowest BCUT2D eigenvalue weighted by molar-refractivity contribution is 0.0933. The molecule has 0 spiro atoms. The van der Waals surface area contributed by atoms with Crippen LogP contribution >= 0.6 is 22.9 Å². The molecule has 0 aliphatic heterocycles. The van der Waals surface area contributed by atoms with Crippen LogP contribution in [0.5, 0.6) is 0 Å². The first-order chi connectivity index (χ1) is 9.84. The number of nitrogens with two attached hydrogens (primary N) is 1. The van der Waals surface area contributed by atoms with Gasteiger partial charge in [-0.05, 0) is 30.0 Å². The highest BCUT2D eigenvalue weighted by molar-refractivity contribution is 7.21. The van der Waals surface area contributed by atoms with Crippen LogP contribution in [-0.2, 0) is 0 Å². The number of fused-ring (bicyclic) bond motifs is 1. The summed E-state index contributed by atoms with van der Waals surface area (Å²) in [5, 5.41) is 13.3. The zero-order valence-corrected chi connectivity index (χ0v) is 13.6. The first-order valence-corrected chi connectivity index (χ1v) is 7.90. The number of nitrogen functional groups attached to an aromatic ring is 1. The first-order valence-electron chi connectivity index (χ1n) is 6.70. The lowest BCUT2D eigenvalue weighted by Gasteiger charge is -2.23. The molecule has 21 heavy (non-hydrogen) atoms. The Balaban J connectivity index is 2.18. The number of hydrogen-bond acceptors (Lipinski definition) is 4. The Morgan fingerprint density at radius 1 is 1.48 bits per heavy atom. The van der Waals surface area contributed by atoms with E-state index < -0.39 is 0 Å². The fourth-order valence-electron chi connectivity index (χ4n) is 2.05. The number of halogens is 1. The van der Waals surface area contributed by atoms with Crippen LogP contribution in [0.3, 0.4) is 0 Å². The maximum absolute atomic E-state index is 12.3. The molecule has 2 aromatic rings. The van der Waals surface area contributed by atoms with E-state index in [1.807, 2.05) is 19.9 Å². The fourth-order valence-corrected chi connectivity index (χ4v) is 3.24. The lowest BCUT2D eigenvalue weighted by Crippen LogP contribution is -2.34. The molecule has 0 saturated heterocycles. The van der Waals surface area contributed by atoms with Crippen molar-refractivity contribution in [2.45, 2.75) is 20.3 Å². The smallest absolute Gasteiger partial charge is 0.263 e. The summed E-state index contributed by atoms with van der Waals surface area (Å²) in [6, 6.07) is 5.42. The van der Waals surface area contributed by atoms with Gasteiger partial charge in [-0.15, -0.1) is 11.3 Å². The number of amides is 1. The number of aliphatic hydroxyl groups is 1. The van der Waals surface area contributed by atoms with Crippen molar-refractivity contribution in [1.82, 2.24) is 5.32 Å². The normalized spacial score (nSPS) is 11.8. The molecule has 1 aromatic carbocycles. The second-order valence-electron chi connectivity index (χ2n) is 5.81. The molecule has 0 atom stereocenters. The largest absolute Gasteiger partial charge is 0.397 e. The molecule has 4 nitrogen and oxygen atoms in total. The molecule has 0 radical (unpaired) electrons. The summed E-state index contributed by atoms with van der Waals surface area (Å²) in [5.74, 6) is -0.184. The van der Waals surface area contributed by atoms with E-state index in [2.05, 4.69) is 5.32 Å². The Morgan fingerprint density at radius 3 is 2.86 bits per heavy atom. The molecule has 1 aromatic heterocycles. The highest BCUT2D eigenvalue weighted by atomic mass is 35.5. The third-order valence-electron chi connectivity index (χ3n) is 3.41. The Hall–Kier alpha value is -1.30. The van der Waals surface area contributed by atoms with E-state index in [0.29, 0.717) is 28.6 Å². The quantitative estimate of drug-likeness (QED) is 0.789. The van der Waals surface area contributed by atoms with E-state index in [4.69, 9.17) is 22.4 Å². The summed E-state index contributed by atoms with van der Waals surface area (Å²) in [4.78, 5) is 12.8. The monoisotopic (exact) mass is 326 g/mol. The number of rotatable bonds is 5. The molecule has 1 amide bonds. The fraction of sp³-hybridized carbons (Fsp3) is 0.400. The van der Waals surface area contributed by atoms with E-state index in [9.17, 15) is 4.79 Å². The maximum Gasteiger partial charge on any atom is 0.263 e. The van der Waals surface area contributed by atoms with Gasteiger partial charge in [0.1, 0.15) is 4.88 Å². The van der Waals surface area contributed by atoms with E-state index in [1.54, 1.807) is 12.1 Å². The second-order valence-corrected chi connectivity index (χ2v) is 7.29. The highest BCUT2D eigenvalue weighted by Crippen LogP contribution is 2.35. The van der Waals surface area contributed by atoms with Gasteiger partial charge in [-0.1, -0.05) is 25.4 Å². The predicted octanol–water partition coefficient (Wildman–Crippen LogP) is 3.28. The van der Waals surface area contributed by atoms with Crippen molar-refractivity contribution < 1.29 is 9.90 Å². The predicted molar refractivity (Wildman–Crippen MR) is 89.1 cm³/mol. The minimum Gasteiger partial charge on any atom is -0.397 e. The standard InChI is InChI=1S/C15H19ClN2O2S/c1-15(2,5-6-19)8-18-14(20)13-12(17)10-7-9(16)3-4-11(10)21-13/h3-4,7,19H,5-6,8,17H2,1-2H3,(H,18,20). The molecule has 0 aliphatic rings. The van der Waals surface area contributed by atoms with Gasteiger partial charge in [-0.3, -0.25) is 4.79 Å². The SMILES string of the molecule is CC(C)(CCO)CNC(=O)c1sc2ccc(Cl)cc2c1N. The van der Waals surface area contributed by atoms with Crippen molar-refractivity contribution in [2.75, 3.05) is 18.9 Å². The van der Waals surface area contributed by atoms with Gasteiger partial charge in [-0.2, -0.15) is 0 Å². The zero-order valence-electron chi connectivity index (χ0n) is 12.1. The van der Waals surface area contributed by atoms with Crippen LogP contribution in [0.4, 0.5) is 5.69 Å². The van der Waals surface area contributed by atoms with Crippen LogP contribution in [0.25, 0.3) is 10.1 Å². The van der Waals surface area contributed by atoms with Gasteiger partial charge in [0, 0.05) is 28.3 Å². The van der Waals surface area contributed by atoms with Gasteiger partial charge in [0.2, 0.25) is 0 Å². The van der Waals surface area contributed by atoms with Gasteiger partial charge < -0.3 is 16.2 Å². The van der Waals surface area contributed by atoms with Gasteiger partial charge in [-0.25, -0.2) is 0 Å². The molecule has 2 rings (SSSR count). The Morgan fingerprint density at radius 2 is 2.19 bits per heavy atom. The molecule has 4 N–H and O–H groups in total. The van der Waals surface area contributed by atoms with Crippen molar-refractivity contribution in [3.8, 4) is 0 Å². The Bertz CT molecular complexity index is 667. The van der Waals surface area contributed by atoms with E-state index >= 15 is 0 Å². The third-order valence-corrected chi connectivity index (χ3v) is 4.83. The summed E-state index contributed by atoms with van der Waals surface area (Å²) < 4.78 is 0.941. The van der Waals surface area contributed by atoms with Crippen LogP contribution < -0.4 is 11.1 Å². The van der Waals surface area contributed by atoms with E-state index in [0.717, 1.165) is 10.1 Å². The van der Waals surface area contributed by atoms with Crippen molar-refractivity contribution >= 4 is 44.6 Å². The van der Waals surface area contributed by atoms with Gasteiger partial charge in [0.15, 0.2) is 0 Å². The molecular formula is C15H19ClN2O2S. The summed E-state index contributed by atoms with van der Waals surface area (Å²) in [6.45, 7) is 4.59. The van der Waals surface area contributed by atoms with Crippen molar-refractivity contribution in [2.24, 2.45) is 5.41 Å². The van der Waals surface area contributed by atoms with Crippen molar-refractivity contribution in [1.29, 1.82) is 0 Å². The number of aliphatic hydroxyl groups excluding tert-OH is 1. The average Bonchev–Trinajstić information content (AvgIpc) is 2.73. The number of hydrogen-bond donors (Lipinski definition) is 3. The van der Waals surface area contributed by atoms with Gasteiger partial charge in [0.05, 0.1) is 5.69 Å². The van der Waals surface area contributed by atoms with Crippen LogP contribution in [0.15, 0.2) is 18.2 Å². The molecule has 0 saturated carbocycles. The number of benzene rings is 1. The minimum atomic E-state index is -0.184. The lowest BCUT2D eigenvalue weighted by atomic mass is 9.90. The first kappa shape index (κ1) is 16.1. The molecule has 0 bridgehead atoms. The molecule has 0 fully saturated rings. The number of nitrogens with one attached hydrogen (secondary N) is 1. The van der Waals surface area contributed by atoms with E-state index in [-0.39, 0.29) is 17.9 Å². The third kappa shape index (κ3) is 3.67. The summed E-state index contributed by atoms with van der Waals surface area (Å²) in [5.41, 5.74) is 6.37. The summed E-state index contributed by atoms with van der Waals surface area (Å²) in [6.07, 6.45) is 0.630. The van der Waals surface area contributed by atoms with Crippen LogP contribution in [-0.4, -0.2) is 24.2 Å². The number of anilines is 1. The molecule has 1 heterocycles. The van der Waals surface area contributed by atoms with Gasteiger partial charge in [0.25, 0.3) is 5.91 Å². The Labute approximate surface area is 132 Å². The van der Waals surface area contributed by atoms with Gasteiger partial charge >= 0.3 is 0 Å². The second kappa shape index (κ2) is 6.22. The zero-order chi connectivity index (χ0) is 15.6. The van der Waals surface area contributed by atoms with E-state index in [1.165, 1.54) is 11.3 Å². The molecular weight excluding hydrogens is 308 g/mol. The maximum atomic E-state index is 12.3. The number of thiophene rings is 1. The molecule has 0 unspecified atom stereocenters. The van der Waals surface area contributed by atoms with Crippen molar-refractivity contribution in [3.05, 3.63) is 28.1 Å². The Kier molecular flexibility index (Phi) is 4.76. The topological polar surface area (TPSA) is 75.3 Å². The summed E-state index contributed by atoms with van der Waals surface area (Å²) >= 11 is 7.32. The summed E-state index contributed by atoms with van der Waals surface area (Å²) in [7, 11) is 0. The average molecular weight is 327 g/mol. The van der Waals surface area contributed by atoms with Crippen molar-refractivity contribution in [3.63, 3.8) is 0 Å². The van der Waals surface area contributed by atoms with Crippen LogP contribution in [0, 0.1) is 5.41 Å². The molecule has 6 heteroatoms. The number of carbonyl (C=O) groups excluding carboxylic acids is 1. The van der Waals surface area contributed by atoms with Crippen LogP contribution in [0.2, 0.25) is 5.02 Å². The van der Waals surface area contributed by atoms with Crippen LogP contribution in [0.1, 0.15) is 29.9 Å². The minimum absolute atomic E-state index is 0.104. The highest BCUT2D eigenvalue weighted by Gasteiger charge is 2.21.